The number of hydrogen-bond donors (Lipinski definition) is 0. The molecule has 0 amide bonds. The van der Waals surface area contributed by atoms with Crippen molar-refractivity contribution in [1.82, 2.24) is 15.1 Å². The Morgan fingerprint density at radius 2 is 2.14 bits per heavy atom. The van der Waals surface area contributed by atoms with Crippen molar-refractivity contribution < 1.29 is 8.73 Å². The third-order valence-corrected chi connectivity index (χ3v) is 5.58. The quantitative estimate of drug-likeness (QED) is 0.723. The summed E-state index contributed by atoms with van der Waals surface area (Å²) in [5.74, 6) is 0.980. The van der Waals surface area contributed by atoms with Crippen molar-refractivity contribution >= 4 is 22.1 Å². The number of thiazole rings is 1. The first-order chi connectivity index (χ1) is 10.2. The Bertz CT molecular complexity index is 726. The molecule has 0 aliphatic heterocycles. The Hall–Kier alpha value is -1.86. The molecule has 0 saturated carbocycles. The molecule has 108 valence electrons. The van der Waals surface area contributed by atoms with Crippen molar-refractivity contribution in [3.63, 3.8) is 0 Å². The molecule has 1 aromatic carbocycles. The molecule has 0 bridgehead atoms. The fraction of sp³-hybridized carbons (Fsp3) is 0.214. The van der Waals surface area contributed by atoms with Crippen molar-refractivity contribution in [2.45, 2.75) is 22.9 Å². The lowest BCUT2D eigenvalue weighted by Crippen LogP contribution is -2.03. The number of hydrogen-bond acceptors (Lipinski definition) is 6. The van der Waals surface area contributed by atoms with Gasteiger partial charge in [0.1, 0.15) is 5.25 Å². The van der Waals surface area contributed by atoms with Gasteiger partial charge in [0.05, 0.1) is 10.8 Å². The topological polar surface area (TPSA) is 68.9 Å². The van der Waals surface area contributed by atoms with Crippen molar-refractivity contribution in [3.8, 4) is 0 Å². The number of aromatic nitrogens is 3. The second kappa shape index (κ2) is 6.28. The van der Waals surface area contributed by atoms with Gasteiger partial charge in [-0.3, -0.25) is 4.21 Å². The molecule has 2 aromatic heterocycles. The lowest BCUT2D eigenvalue weighted by Gasteiger charge is -2.02. The van der Waals surface area contributed by atoms with Gasteiger partial charge in [-0.05, 0) is 12.5 Å². The molecule has 3 rings (SSSR count). The third kappa shape index (κ3) is 3.25. The summed E-state index contributed by atoms with van der Waals surface area (Å²) < 4.78 is 18.1. The predicted molar refractivity (Wildman–Crippen MR) is 80.5 cm³/mol. The van der Waals surface area contributed by atoms with E-state index in [9.17, 15) is 4.21 Å². The van der Waals surface area contributed by atoms with Crippen LogP contribution in [0.5, 0.6) is 0 Å². The molecule has 7 heteroatoms. The average molecular weight is 319 g/mol. The van der Waals surface area contributed by atoms with E-state index >= 15 is 0 Å². The second-order valence-corrected chi connectivity index (χ2v) is 7.29. The van der Waals surface area contributed by atoms with Gasteiger partial charge in [-0.15, -0.1) is 11.3 Å². The van der Waals surface area contributed by atoms with Gasteiger partial charge in [-0.2, -0.15) is 4.98 Å². The Kier molecular flexibility index (Phi) is 4.21. The van der Waals surface area contributed by atoms with Gasteiger partial charge in [0.15, 0.2) is 10.2 Å². The van der Waals surface area contributed by atoms with Crippen LogP contribution < -0.4 is 0 Å². The lowest BCUT2D eigenvalue weighted by molar-refractivity contribution is 0.374. The highest BCUT2D eigenvalue weighted by Crippen LogP contribution is 2.24. The van der Waals surface area contributed by atoms with Crippen LogP contribution in [-0.2, 0) is 17.2 Å². The summed E-state index contributed by atoms with van der Waals surface area (Å²) in [6.07, 6.45) is 2.24. The largest absolute Gasteiger partial charge is 0.338 e. The van der Waals surface area contributed by atoms with Crippen LogP contribution in [0.25, 0.3) is 0 Å². The molecular weight excluding hydrogens is 306 g/mol. The number of benzene rings is 1. The van der Waals surface area contributed by atoms with E-state index in [-0.39, 0.29) is 5.25 Å². The zero-order chi connectivity index (χ0) is 14.7. The van der Waals surface area contributed by atoms with E-state index in [1.807, 2.05) is 30.3 Å². The van der Waals surface area contributed by atoms with Crippen LogP contribution in [0.1, 0.15) is 29.5 Å². The van der Waals surface area contributed by atoms with E-state index in [0.29, 0.717) is 22.5 Å². The lowest BCUT2D eigenvalue weighted by atomic mass is 10.1. The summed E-state index contributed by atoms with van der Waals surface area (Å²) in [6, 6.07) is 9.91. The van der Waals surface area contributed by atoms with E-state index in [2.05, 4.69) is 15.1 Å². The van der Waals surface area contributed by atoms with Crippen molar-refractivity contribution in [2.75, 3.05) is 0 Å². The number of nitrogens with zero attached hydrogens (tertiary/aromatic N) is 3. The second-order valence-electron chi connectivity index (χ2n) is 4.45. The SMILES string of the molecule is C[C@@H](c1nc(Cc2ccccc2)no1)[S@](=O)c1nccs1. The molecule has 0 N–H and O–H groups in total. The molecule has 5 nitrogen and oxygen atoms in total. The van der Waals surface area contributed by atoms with E-state index in [4.69, 9.17) is 4.52 Å². The zero-order valence-corrected chi connectivity index (χ0v) is 12.9. The van der Waals surface area contributed by atoms with Crippen LogP contribution >= 0.6 is 11.3 Å². The van der Waals surface area contributed by atoms with E-state index in [1.165, 1.54) is 11.3 Å². The smallest absolute Gasteiger partial charge is 0.242 e. The van der Waals surface area contributed by atoms with Gasteiger partial charge in [-0.1, -0.05) is 35.5 Å². The molecule has 2 atom stereocenters. The fourth-order valence-corrected chi connectivity index (χ4v) is 3.92. The summed E-state index contributed by atoms with van der Waals surface area (Å²) in [4.78, 5) is 8.41. The highest BCUT2D eigenvalue weighted by Gasteiger charge is 2.23. The van der Waals surface area contributed by atoms with Crippen LogP contribution in [-0.4, -0.2) is 19.3 Å². The first kappa shape index (κ1) is 14.1. The molecular formula is C14H13N3O2S2. The monoisotopic (exact) mass is 319 g/mol. The van der Waals surface area contributed by atoms with Crippen LogP contribution in [0.3, 0.4) is 0 Å². The van der Waals surface area contributed by atoms with Crippen LogP contribution in [0.4, 0.5) is 0 Å². The Labute approximate surface area is 128 Å². The van der Waals surface area contributed by atoms with Crippen molar-refractivity contribution in [1.29, 1.82) is 0 Å². The highest BCUT2D eigenvalue weighted by atomic mass is 32.2. The van der Waals surface area contributed by atoms with E-state index < -0.39 is 10.8 Å². The summed E-state index contributed by atoms with van der Waals surface area (Å²) in [7, 11) is -1.27. The molecule has 0 aliphatic carbocycles. The predicted octanol–water partition coefficient (Wildman–Crippen LogP) is 2.99. The van der Waals surface area contributed by atoms with Crippen LogP contribution in [0.2, 0.25) is 0 Å². The number of rotatable bonds is 5. The maximum Gasteiger partial charge on any atom is 0.242 e. The third-order valence-electron chi connectivity index (χ3n) is 2.94. The molecule has 0 fully saturated rings. The maximum atomic E-state index is 12.3. The Morgan fingerprint density at radius 3 is 2.86 bits per heavy atom. The normalized spacial score (nSPS) is 14.0. The van der Waals surface area contributed by atoms with E-state index in [0.717, 1.165) is 5.56 Å². The maximum absolute atomic E-state index is 12.3. The zero-order valence-electron chi connectivity index (χ0n) is 11.3. The summed E-state index contributed by atoms with van der Waals surface area (Å²) in [5.41, 5.74) is 1.11. The fourth-order valence-electron chi connectivity index (χ4n) is 1.84. The minimum Gasteiger partial charge on any atom is -0.338 e. The van der Waals surface area contributed by atoms with E-state index in [1.54, 1.807) is 18.5 Å². The standard InChI is InChI=1S/C14H13N3O2S2/c1-10(21(18)14-15-7-8-20-14)13-16-12(17-19-13)9-11-5-3-2-4-6-11/h2-8,10H,9H2,1H3/t10-,21-/m0/s1. The Balaban J connectivity index is 1.74. The summed E-state index contributed by atoms with van der Waals surface area (Å²) in [5, 5.41) is 5.39. The van der Waals surface area contributed by atoms with Gasteiger partial charge in [0, 0.05) is 18.0 Å². The van der Waals surface area contributed by atoms with Crippen LogP contribution in [0.15, 0.2) is 50.8 Å². The van der Waals surface area contributed by atoms with Gasteiger partial charge < -0.3 is 4.52 Å². The molecule has 0 aliphatic rings. The van der Waals surface area contributed by atoms with Gasteiger partial charge in [0.25, 0.3) is 0 Å². The molecule has 0 spiro atoms. The molecule has 2 heterocycles. The summed E-state index contributed by atoms with van der Waals surface area (Å²) >= 11 is 1.36. The van der Waals surface area contributed by atoms with Gasteiger partial charge in [-0.25, -0.2) is 4.98 Å². The minimum atomic E-state index is -1.27. The Morgan fingerprint density at radius 1 is 1.33 bits per heavy atom. The minimum absolute atomic E-state index is 0.367. The van der Waals surface area contributed by atoms with Crippen LogP contribution in [0, 0.1) is 0 Å². The first-order valence-electron chi connectivity index (χ1n) is 6.40. The first-order valence-corrected chi connectivity index (χ1v) is 8.50. The molecule has 0 radical (unpaired) electrons. The molecule has 0 saturated heterocycles. The molecule has 0 unspecified atom stereocenters. The highest BCUT2D eigenvalue weighted by molar-refractivity contribution is 7.87. The van der Waals surface area contributed by atoms with Gasteiger partial charge in [0.2, 0.25) is 5.89 Å². The van der Waals surface area contributed by atoms with Crippen molar-refractivity contribution in [3.05, 3.63) is 59.2 Å². The van der Waals surface area contributed by atoms with Gasteiger partial charge >= 0.3 is 0 Å². The molecule has 3 aromatic rings. The molecule has 21 heavy (non-hydrogen) atoms. The summed E-state index contributed by atoms with van der Waals surface area (Å²) in [6.45, 7) is 1.80. The average Bonchev–Trinajstić information content (AvgIpc) is 3.18. The van der Waals surface area contributed by atoms with Crippen molar-refractivity contribution in [2.24, 2.45) is 0 Å².